The van der Waals surface area contributed by atoms with Gasteiger partial charge in [-0.05, 0) is 56.3 Å². The van der Waals surface area contributed by atoms with Crippen molar-refractivity contribution in [2.75, 3.05) is 33.2 Å². The van der Waals surface area contributed by atoms with Gasteiger partial charge in [0, 0.05) is 39.3 Å². The summed E-state index contributed by atoms with van der Waals surface area (Å²) < 4.78 is 13.0. The number of halogens is 1. The average molecular weight is 332 g/mol. The Balaban J connectivity index is 1.55. The van der Waals surface area contributed by atoms with Crippen molar-refractivity contribution in [2.24, 2.45) is 10.9 Å². The van der Waals surface area contributed by atoms with Crippen LogP contribution in [-0.4, -0.2) is 55.0 Å². The van der Waals surface area contributed by atoms with Crippen LogP contribution in [0.1, 0.15) is 31.7 Å². The van der Waals surface area contributed by atoms with Crippen LogP contribution >= 0.6 is 0 Å². The number of rotatable bonds is 6. The van der Waals surface area contributed by atoms with Crippen molar-refractivity contribution in [2.45, 2.75) is 38.8 Å². The van der Waals surface area contributed by atoms with Gasteiger partial charge in [0.2, 0.25) is 0 Å². The lowest BCUT2D eigenvalue weighted by Crippen LogP contribution is -2.39. The number of nitrogens with one attached hydrogen (secondary N) is 1. The van der Waals surface area contributed by atoms with Gasteiger partial charge in [0.25, 0.3) is 0 Å². The summed E-state index contributed by atoms with van der Waals surface area (Å²) in [6, 6.07) is 7.56. The highest BCUT2D eigenvalue weighted by molar-refractivity contribution is 5.79. The predicted octanol–water partition coefficient (Wildman–Crippen LogP) is 2.71. The van der Waals surface area contributed by atoms with Crippen molar-refractivity contribution in [1.29, 1.82) is 0 Å². The van der Waals surface area contributed by atoms with Crippen molar-refractivity contribution in [3.8, 4) is 0 Å². The minimum absolute atomic E-state index is 0.191. The molecule has 3 rings (SSSR count). The smallest absolute Gasteiger partial charge is 0.193 e. The highest BCUT2D eigenvalue weighted by Crippen LogP contribution is 2.31. The van der Waals surface area contributed by atoms with E-state index in [2.05, 4.69) is 22.0 Å². The van der Waals surface area contributed by atoms with Crippen LogP contribution in [0.25, 0.3) is 0 Å². The fourth-order valence-corrected chi connectivity index (χ4v) is 3.41. The van der Waals surface area contributed by atoms with Crippen LogP contribution in [0, 0.1) is 11.7 Å². The minimum Gasteiger partial charge on any atom is -0.357 e. The summed E-state index contributed by atoms with van der Waals surface area (Å²) in [5.74, 6) is 1.42. The zero-order valence-electron chi connectivity index (χ0n) is 14.8. The second-order valence-corrected chi connectivity index (χ2v) is 7.06. The maximum absolute atomic E-state index is 13.0. The molecule has 1 aromatic carbocycles. The van der Waals surface area contributed by atoms with Crippen LogP contribution < -0.4 is 5.32 Å². The van der Waals surface area contributed by atoms with Crippen molar-refractivity contribution in [1.82, 2.24) is 15.1 Å². The molecule has 1 aliphatic carbocycles. The molecule has 1 aliphatic heterocycles. The number of aliphatic imine (C=N–C) groups is 1. The Morgan fingerprint density at radius 3 is 2.71 bits per heavy atom. The summed E-state index contributed by atoms with van der Waals surface area (Å²) in [5, 5.41) is 3.37. The van der Waals surface area contributed by atoms with Gasteiger partial charge in [-0.1, -0.05) is 12.1 Å². The van der Waals surface area contributed by atoms with Crippen LogP contribution in [-0.2, 0) is 6.54 Å². The molecule has 0 bridgehead atoms. The van der Waals surface area contributed by atoms with Gasteiger partial charge in [-0.15, -0.1) is 0 Å². The van der Waals surface area contributed by atoms with E-state index in [0.29, 0.717) is 5.92 Å². The van der Waals surface area contributed by atoms with E-state index in [1.54, 1.807) is 0 Å². The monoisotopic (exact) mass is 332 g/mol. The lowest BCUT2D eigenvalue weighted by atomic mass is 10.1. The molecule has 0 amide bonds. The van der Waals surface area contributed by atoms with E-state index in [-0.39, 0.29) is 5.82 Å². The van der Waals surface area contributed by atoms with Crippen LogP contribution in [0.15, 0.2) is 29.3 Å². The molecule has 132 valence electrons. The third-order valence-corrected chi connectivity index (χ3v) is 4.91. The van der Waals surface area contributed by atoms with Crippen LogP contribution in [0.2, 0.25) is 0 Å². The Hall–Kier alpha value is -1.62. The first kappa shape index (κ1) is 17.2. The quantitative estimate of drug-likeness (QED) is 0.642. The molecule has 1 N–H and O–H groups in total. The van der Waals surface area contributed by atoms with E-state index in [1.165, 1.54) is 44.5 Å². The van der Waals surface area contributed by atoms with E-state index >= 15 is 0 Å². The maximum atomic E-state index is 13.0. The maximum Gasteiger partial charge on any atom is 0.193 e. The summed E-state index contributed by atoms with van der Waals surface area (Å²) in [5.41, 5.74) is 1.09. The topological polar surface area (TPSA) is 30.9 Å². The van der Waals surface area contributed by atoms with E-state index in [4.69, 9.17) is 4.99 Å². The molecule has 0 radical (unpaired) electrons. The van der Waals surface area contributed by atoms with Gasteiger partial charge < -0.3 is 15.1 Å². The zero-order valence-corrected chi connectivity index (χ0v) is 14.8. The van der Waals surface area contributed by atoms with E-state index in [0.717, 1.165) is 37.2 Å². The SMILES string of the molecule is CCNC(=NCC1CCN(C2CC2)C1)N(C)Cc1ccc(F)cc1. The van der Waals surface area contributed by atoms with Gasteiger partial charge in [-0.2, -0.15) is 0 Å². The van der Waals surface area contributed by atoms with Crippen molar-refractivity contribution in [3.63, 3.8) is 0 Å². The number of benzene rings is 1. The van der Waals surface area contributed by atoms with Gasteiger partial charge in [-0.25, -0.2) is 4.39 Å². The molecular formula is C19H29FN4. The third-order valence-electron chi connectivity index (χ3n) is 4.91. The summed E-state index contributed by atoms with van der Waals surface area (Å²) in [6.07, 6.45) is 4.04. The van der Waals surface area contributed by atoms with E-state index < -0.39 is 0 Å². The van der Waals surface area contributed by atoms with Gasteiger partial charge in [0.15, 0.2) is 5.96 Å². The number of guanidine groups is 1. The largest absolute Gasteiger partial charge is 0.357 e. The van der Waals surface area contributed by atoms with E-state index in [9.17, 15) is 4.39 Å². The third kappa shape index (κ3) is 4.69. The molecule has 2 fully saturated rings. The fourth-order valence-electron chi connectivity index (χ4n) is 3.41. The van der Waals surface area contributed by atoms with Crippen LogP contribution in [0.4, 0.5) is 4.39 Å². The van der Waals surface area contributed by atoms with E-state index in [1.807, 2.05) is 19.2 Å². The predicted molar refractivity (Wildman–Crippen MR) is 96.5 cm³/mol. The lowest BCUT2D eigenvalue weighted by Gasteiger charge is -2.23. The fraction of sp³-hybridized carbons (Fsp3) is 0.632. The Labute approximate surface area is 144 Å². The van der Waals surface area contributed by atoms with Gasteiger partial charge >= 0.3 is 0 Å². The van der Waals surface area contributed by atoms with Crippen molar-refractivity contribution < 1.29 is 4.39 Å². The average Bonchev–Trinajstić information content (AvgIpc) is 3.32. The van der Waals surface area contributed by atoms with Gasteiger partial charge in [0.05, 0.1) is 0 Å². The Morgan fingerprint density at radius 1 is 1.29 bits per heavy atom. The lowest BCUT2D eigenvalue weighted by molar-refractivity contribution is 0.315. The second-order valence-electron chi connectivity index (χ2n) is 7.06. The van der Waals surface area contributed by atoms with Crippen molar-refractivity contribution >= 4 is 5.96 Å². The first-order valence-corrected chi connectivity index (χ1v) is 9.13. The molecule has 0 aromatic heterocycles. The first-order chi connectivity index (χ1) is 11.7. The van der Waals surface area contributed by atoms with Crippen LogP contribution in [0.5, 0.6) is 0 Å². The Bertz CT molecular complexity index is 553. The molecule has 1 unspecified atom stereocenters. The molecular weight excluding hydrogens is 303 g/mol. The molecule has 1 saturated carbocycles. The summed E-state index contributed by atoms with van der Waals surface area (Å²) in [7, 11) is 2.04. The zero-order chi connectivity index (χ0) is 16.9. The molecule has 5 heteroatoms. The Morgan fingerprint density at radius 2 is 2.04 bits per heavy atom. The number of hydrogen-bond donors (Lipinski definition) is 1. The molecule has 1 atom stereocenters. The Kier molecular flexibility index (Phi) is 5.72. The highest BCUT2D eigenvalue weighted by Gasteiger charge is 2.34. The molecule has 1 heterocycles. The first-order valence-electron chi connectivity index (χ1n) is 9.13. The minimum atomic E-state index is -0.191. The van der Waals surface area contributed by atoms with Crippen molar-refractivity contribution in [3.05, 3.63) is 35.6 Å². The molecule has 24 heavy (non-hydrogen) atoms. The number of likely N-dealkylation sites (tertiary alicyclic amines) is 1. The molecule has 2 aliphatic rings. The summed E-state index contributed by atoms with van der Waals surface area (Å²) in [4.78, 5) is 9.60. The molecule has 0 spiro atoms. The second kappa shape index (κ2) is 7.97. The van der Waals surface area contributed by atoms with Gasteiger partial charge in [-0.3, -0.25) is 4.99 Å². The van der Waals surface area contributed by atoms with Gasteiger partial charge in [0.1, 0.15) is 5.82 Å². The number of nitrogens with zero attached hydrogens (tertiary/aromatic N) is 3. The summed E-state index contributed by atoms with van der Waals surface area (Å²) in [6.45, 7) is 7.00. The molecule has 1 aromatic rings. The standard InChI is InChI=1S/C19H29FN4/c1-3-21-19(23(2)13-15-4-6-17(20)7-5-15)22-12-16-10-11-24(14-16)18-8-9-18/h4-7,16,18H,3,8-14H2,1-2H3,(H,21,22). The number of hydrogen-bond acceptors (Lipinski definition) is 2. The summed E-state index contributed by atoms with van der Waals surface area (Å²) >= 11 is 0. The molecule has 4 nitrogen and oxygen atoms in total. The van der Waals surface area contributed by atoms with Crippen LogP contribution in [0.3, 0.4) is 0 Å². The highest BCUT2D eigenvalue weighted by atomic mass is 19.1. The normalized spacial score (nSPS) is 22.0. The molecule has 1 saturated heterocycles.